The van der Waals surface area contributed by atoms with Crippen molar-refractivity contribution in [3.05, 3.63) is 36.4 Å². The zero-order valence-corrected chi connectivity index (χ0v) is 12.3. The number of rotatable bonds is 9. The Morgan fingerprint density at radius 1 is 1.17 bits per heavy atom. The molecule has 0 heterocycles. The van der Waals surface area contributed by atoms with Gasteiger partial charge < -0.3 is 9.47 Å². The Morgan fingerprint density at radius 2 is 1.78 bits per heavy atom. The van der Waals surface area contributed by atoms with E-state index in [1.807, 2.05) is 18.2 Å². The van der Waals surface area contributed by atoms with E-state index in [2.05, 4.69) is 32.6 Å². The van der Waals surface area contributed by atoms with Crippen molar-refractivity contribution in [3.8, 4) is 0 Å². The van der Waals surface area contributed by atoms with E-state index in [9.17, 15) is 0 Å². The number of hydrogen-bond donors (Lipinski definition) is 0. The molecule has 0 fully saturated rings. The molecular weight excluding hydrogens is 240 g/mol. The lowest BCUT2D eigenvalue weighted by Gasteiger charge is -2.18. The first kappa shape index (κ1) is 15.2. The van der Waals surface area contributed by atoms with Crippen molar-refractivity contribution in [2.75, 3.05) is 13.2 Å². The molecule has 3 heteroatoms. The van der Waals surface area contributed by atoms with Gasteiger partial charge in [-0.05, 0) is 18.4 Å². The van der Waals surface area contributed by atoms with Crippen molar-refractivity contribution in [3.63, 3.8) is 0 Å². The Balaban J connectivity index is 2.65. The summed E-state index contributed by atoms with van der Waals surface area (Å²) in [6.07, 6.45) is 3.91. The van der Waals surface area contributed by atoms with Gasteiger partial charge in [0, 0.05) is 13.2 Å². The van der Waals surface area contributed by atoms with Crippen LogP contribution in [0, 0.1) is 0 Å². The maximum absolute atomic E-state index is 5.75. The standard InChI is InChI=1S/C15H22O2Si/c1-4-11-16-15(17-12-5-2)18-14-10-8-7-9-13(14)6-3/h6-10,15H,3-5,11-12H2,1-2H3. The summed E-state index contributed by atoms with van der Waals surface area (Å²) in [7, 11) is 0.505. The lowest BCUT2D eigenvalue weighted by molar-refractivity contribution is -0.0894. The summed E-state index contributed by atoms with van der Waals surface area (Å²) in [5, 5.41) is 1.25. The van der Waals surface area contributed by atoms with Crippen LogP contribution >= 0.6 is 0 Å². The van der Waals surface area contributed by atoms with Gasteiger partial charge in [0.15, 0.2) is 9.52 Å². The summed E-state index contributed by atoms with van der Waals surface area (Å²) in [6.45, 7) is 9.56. The number of hydrogen-bond acceptors (Lipinski definition) is 2. The fourth-order valence-corrected chi connectivity index (χ4v) is 2.72. The summed E-state index contributed by atoms with van der Waals surface area (Å²) in [4.78, 5) is 0. The monoisotopic (exact) mass is 262 g/mol. The van der Waals surface area contributed by atoms with Crippen LogP contribution in [0.5, 0.6) is 0 Å². The van der Waals surface area contributed by atoms with Crippen LogP contribution in [0.3, 0.4) is 0 Å². The summed E-state index contributed by atoms with van der Waals surface area (Å²) in [5.41, 5.74) is 1.17. The van der Waals surface area contributed by atoms with E-state index < -0.39 is 0 Å². The van der Waals surface area contributed by atoms with Crippen molar-refractivity contribution in [2.45, 2.75) is 32.6 Å². The molecule has 0 aliphatic carbocycles. The molecule has 0 unspecified atom stereocenters. The highest BCUT2D eigenvalue weighted by atomic mass is 28.2. The number of ether oxygens (including phenoxy) is 2. The molecule has 0 saturated carbocycles. The Bertz CT molecular complexity index is 344. The van der Waals surface area contributed by atoms with E-state index in [0.29, 0.717) is 9.52 Å². The Morgan fingerprint density at radius 3 is 2.33 bits per heavy atom. The Hall–Kier alpha value is -0.903. The van der Waals surface area contributed by atoms with Crippen molar-refractivity contribution < 1.29 is 9.47 Å². The summed E-state index contributed by atoms with van der Waals surface area (Å²) < 4.78 is 11.5. The summed E-state index contributed by atoms with van der Waals surface area (Å²) in [5.74, 6) is -0.119. The highest BCUT2D eigenvalue weighted by Crippen LogP contribution is 2.02. The highest BCUT2D eigenvalue weighted by molar-refractivity contribution is 6.55. The molecule has 0 spiro atoms. The van der Waals surface area contributed by atoms with E-state index in [-0.39, 0.29) is 5.91 Å². The number of benzene rings is 1. The van der Waals surface area contributed by atoms with Crippen LogP contribution in [0.1, 0.15) is 32.3 Å². The minimum atomic E-state index is -0.119. The molecule has 1 aromatic rings. The third-order valence-corrected chi connectivity index (χ3v) is 3.74. The molecule has 2 nitrogen and oxygen atoms in total. The first-order chi connectivity index (χ1) is 8.81. The zero-order chi connectivity index (χ0) is 13.2. The third kappa shape index (κ3) is 5.17. The molecule has 0 aromatic heterocycles. The Kier molecular flexibility index (Phi) is 7.65. The molecule has 18 heavy (non-hydrogen) atoms. The molecule has 0 N–H and O–H groups in total. The smallest absolute Gasteiger partial charge is 0.157 e. The van der Waals surface area contributed by atoms with Gasteiger partial charge in [0.25, 0.3) is 0 Å². The lowest BCUT2D eigenvalue weighted by atomic mass is 10.2. The van der Waals surface area contributed by atoms with Crippen LogP contribution < -0.4 is 5.19 Å². The SMILES string of the molecule is C=Cc1ccccc1[Si]C(OCCC)OCCC. The maximum atomic E-state index is 5.75. The second kappa shape index (κ2) is 9.08. The van der Waals surface area contributed by atoms with Gasteiger partial charge in [-0.15, -0.1) is 0 Å². The molecule has 98 valence electrons. The first-order valence-corrected chi connectivity index (χ1v) is 7.60. The summed E-state index contributed by atoms with van der Waals surface area (Å²) >= 11 is 0. The van der Waals surface area contributed by atoms with Gasteiger partial charge in [0.2, 0.25) is 0 Å². The van der Waals surface area contributed by atoms with E-state index in [1.165, 1.54) is 10.8 Å². The molecule has 0 bridgehead atoms. The maximum Gasteiger partial charge on any atom is 0.157 e. The van der Waals surface area contributed by atoms with Crippen molar-refractivity contribution >= 4 is 20.8 Å². The molecular formula is C15H22O2Si. The predicted molar refractivity (Wildman–Crippen MR) is 78.2 cm³/mol. The fourth-order valence-electron chi connectivity index (χ4n) is 1.51. The van der Waals surface area contributed by atoms with Gasteiger partial charge in [-0.2, -0.15) is 0 Å². The molecule has 1 aromatic carbocycles. The molecule has 0 saturated heterocycles. The van der Waals surface area contributed by atoms with Gasteiger partial charge >= 0.3 is 0 Å². The topological polar surface area (TPSA) is 18.5 Å². The average Bonchev–Trinajstić information content (AvgIpc) is 2.42. The van der Waals surface area contributed by atoms with E-state index in [0.717, 1.165) is 26.1 Å². The first-order valence-electron chi connectivity index (χ1n) is 6.53. The molecule has 0 amide bonds. The van der Waals surface area contributed by atoms with Gasteiger partial charge in [0.05, 0.1) is 0 Å². The van der Waals surface area contributed by atoms with Crippen molar-refractivity contribution in [1.29, 1.82) is 0 Å². The molecule has 0 aliphatic heterocycles. The van der Waals surface area contributed by atoms with Gasteiger partial charge in [-0.1, -0.05) is 56.0 Å². The highest BCUT2D eigenvalue weighted by Gasteiger charge is 2.13. The van der Waals surface area contributed by atoms with E-state index in [1.54, 1.807) is 0 Å². The average molecular weight is 262 g/mol. The molecule has 0 atom stereocenters. The van der Waals surface area contributed by atoms with Crippen LogP contribution in [0.25, 0.3) is 6.08 Å². The quantitative estimate of drug-likeness (QED) is 0.503. The lowest BCUT2D eigenvalue weighted by Crippen LogP contribution is -2.34. The van der Waals surface area contributed by atoms with Crippen LogP contribution in [-0.4, -0.2) is 28.6 Å². The second-order valence-electron chi connectivity index (χ2n) is 4.01. The Labute approximate surface area is 113 Å². The fraction of sp³-hybridized carbons (Fsp3) is 0.467. The van der Waals surface area contributed by atoms with E-state index >= 15 is 0 Å². The van der Waals surface area contributed by atoms with Gasteiger partial charge in [-0.25, -0.2) is 0 Å². The van der Waals surface area contributed by atoms with Crippen LogP contribution in [0.15, 0.2) is 30.8 Å². The van der Waals surface area contributed by atoms with Crippen LogP contribution in [0.2, 0.25) is 0 Å². The van der Waals surface area contributed by atoms with Gasteiger partial charge in [-0.3, -0.25) is 0 Å². The predicted octanol–water partition coefficient (Wildman–Crippen LogP) is 2.80. The molecule has 2 radical (unpaired) electrons. The zero-order valence-electron chi connectivity index (χ0n) is 11.3. The third-order valence-electron chi connectivity index (χ3n) is 2.40. The molecule has 1 rings (SSSR count). The largest absolute Gasteiger partial charge is 0.357 e. The summed E-state index contributed by atoms with van der Waals surface area (Å²) in [6, 6.07) is 8.27. The molecule has 0 aliphatic rings. The van der Waals surface area contributed by atoms with Crippen LogP contribution in [0.4, 0.5) is 0 Å². The van der Waals surface area contributed by atoms with Gasteiger partial charge in [0.1, 0.15) is 5.91 Å². The van der Waals surface area contributed by atoms with Crippen molar-refractivity contribution in [2.24, 2.45) is 0 Å². The van der Waals surface area contributed by atoms with Crippen LogP contribution in [-0.2, 0) is 9.47 Å². The minimum Gasteiger partial charge on any atom is -0.357 e. The van der Waals surface area contributed by atoms with Crippen molar-refractivity contribution in [1.82, 2.24) is 0 Å². The minimum absolute atomic E-state index is 0.119. The van der Waals surface area contributed by atoms with E-state index in [4.69, 9.17) is 9.47 Å². The second-order valence-corrected chi connectivity index (χ2v) is 5.31. The normalized spacial score (nSPS) is 10.8.